The van der Waals surface area contributed by atoms with Crippen LogP contribution in [0.2, 0.25) is 0 Å². The van der Waals surface area contributed by atoms with Crippen LogP contribution in [0.3, 0.4) is 0 Å². The van der Waals surface area contributed by atoms with E-state index in [-0.39, 0.29) is 24.6 Å². The lowest BCUT2D eigenvalue weighted by Gasteiger charge is -2.30. The van der Waals surface area contributed by atoms with Gasteiger partial charge in [0.05, 0.1) is 17.3 Å². The molecule has 30 heavy (non-hydrogen) atoms. The smallest absolute Gasteiger partial charge is 0.339 e. The van der Waals surface area contributed by atoms with Crippen molar-refractivity contribution in [1.82, 2.24) is 9.88 Å². The molecule has 0 aliphatic heterocycles. The van der Waals surface area contributed by atoms with E-state index in [1.54, 1.807) is 35.4 Å². The van der Waals surface area contributed by atoms with Gasteiger partial charge in [-0.25, -0.2) is 9.78 Å². The highest BCUT2D eigenvalue weighted by Crippen LogP contribution is 2.28. The quantitative estimate of drug-likeness (QED) is 0.527. The van der Waals surface area contributed by atoms with E-state index >= 15 is 0 Å². The number of esters is 1. The molecule has 156 valence electrons. The van der Waals surface area contributed by atoms with Crippen molar-refractivity contribution in [2.75, 3.05) is 6.61 Å². The van der Waals surface area contributed by atoms with Crippen LogP contribution in [-0.2, 0) is 9.53 Å². The molecule has 1 aromatic heterocycles. The second kappa shape index (κ2) is 9.39. The molecule has 0 unspecified atom stereocenters. The van der Waals surface area contributed by atoms with Crippen molar-refractivity contribution in [3.63, 3.8) is 0 Å². The summed E-state index contributed by atoms with van der Waals surface area (Å²) in [6, 6.07) is 16.5. The number of benzene rings is 2. The first-order chi connectivity index (χ1) is 14.4. The summed E-state index contributed by atoms with van der Waals surface area (Å²) in [6.07, 6.45) is 1.62. The predicted molar refractivity (Wildman–Crippen MR) is 115 cm³/mol. The van der Waals surface area contributed by atoms with E-state index in [9.17, 15) is 9.59 Å². The molecule has 0 aliphatic carbocycles. The minimum atomic E-state index is -0.592. The van der Waals surface area contributed by atoms with E-state index in [2.05, 4.69) is 4.98 Å². The van der Waals surface area contributed by atoms with Gasteiger partial charge < -0.3 is 14.1 Å². The van der Waals surface area contributed by atoms with Crippen molar-refractivity contribution in [2.45, 2.75) is 39.8 Å². The minimum absolute atomic E-state index is 0.0206. The second-order valence-electron chi connectivity index (χ2n) is 7.51. The van der Waals surface area contributed by atoms with Crippen LogP contribution in [0.5, 0.6) is 0 Å². The highest BCUT2D eigenvalue weighted by Gasteiger charge is 2.23. The van der Waals surface area contributed by atoms with Gasteiger partial charge in [0.15, 0.2) is 12.4 Å². The van der Waals surface area contributed by atoms with Crippen LogP contribution in [0.1, 0.15) is 38.1 Å². The molecule has 1 heterocycles. The molecular formula is C24H26N2O4. The van der Waals surface area contributed by atoms with Crippen molar-refractivity contribution in [2.24, 2.45) is 0 Å². The van der Waals surface area contributed by atoms with Gasteiger partial charge in [-0.15, -0.1) is 0 Å². The lowest BCUT2D eigenvalue weighted by Crippen LogP contribution is -2.44. The first-order valence-corrected chi connectivity index (χ1v) is 9.97. The Morgan fingerprint density at radius 2 is 1.60 bits per heavy atom. The van der Waals surface area contributed by atoms with E-state index in [0.29, 0.717) is 22.8 Å². The van der Waals surface area contributed by atoms with Gasteiger partial charge in [-0.3, -0.25) is 4.79 Å². The Balaban J connectivity index is 1.78. The molecule has 0 N–H and O–H groups in total. The molecule has 3 aromatic rings. The third-order valence-electron chi connectivity index (χ3n) is 4.67. The molecule has 0 spiro atoms. The molecule has 0 bridgehead atoms. The van der Waals surface area contributed by atoms with Gasteiger partial charge in [0.2, 0.25) is 5.89 Å². The Kier molecular flexibility index (Phi) is 6.67. The number of amides is 1. The fraction of sp³-hybridized carbons (Fsp3) is 0.292. The van der Waals surface area contributed by atoms with E-state index in [1.165, 1.54) is 0 Å². The van der Waals surface area contributed by atoms with Crippen LogP contribution in [0.4, 0.5) is 0 Å². The molecule has 0 radical (unpaired) electrons. The van der Waals surface area contributed by atoms with Gasteiger partial charge in [-0.1, -0.05) is 42.5 Å². The number of aromatic nitrogens is 1. The number of oxazole rings is 1. The van der Waals surface area contributed by atoms with Gasteiger partial charge >= 0.3 is 5.97 Å². The lowest BCUT2D eigenvalue weighted by molar-refractivity contribution is -0.138. The molecular weight excluding hydrogens is 380 g/mol. The molecule has 6 nitrogen and oxygen atoms in total. The molecule has 0 fully saturated rings. The highest BCUT2D eigenvalue weighted by molar-refractivity contribution is 5.97. The van der Waals surface area contributed by atoms with Gasteiger partial charge in [0, 0.05) is 17.6 Å². The molecule has 0 saturated carbocycles. The summed E-state index contributed by atoms with van der Waals surface area (Å²) in [7, 11) is 0. The topological polar surface area (TPSA) is 72.6 Å². The van der Waals surface area contributed by atoms with Crippen molar-refractivity contribution in [3.8, 4) is 22.8 Å². The fourth-order valence-electron chi connectivity index (χ4n) is 3.43. The summed E-state index contributed by atoms with van der Waals surface area (Å²) in [4.78, 5) is 31.2. The lowest BCUT2D eigenvalue weighted by atomic mass is 10.1. The first kappa shape index (κ1) is 21.3. The number of ether oxygens (including phenoxy) is 1. The average Bonchev–Trinajstić information content (AvgIpc) is 3.22. The number of nitrogens with zero attached hydrogens (tertiary/aromatic N) is 2. The maximum absolute atomic E-state index is 12.7. The Hall–Kier alpha value is -3.41. The van der Waals surface area contributed by atoms with Crippen molar-refractivity contribution < 1.29 is 18.7 Å². The monoisotopic (exact) mass is 406 g/mol. The zero-order valence-corrected chi connectivity index (χ0v) is 17.7. The molecule has 3 rings (SSSR count). The third kappa shape index (κ3) is 4.76. The van der Waals surface area contributed by atoms with Gasteiger partial charge in [-0.2, -0.15) is 0 Å². The Morgan fingerprint density at radius 1 is 0.967 bits per heavy atom. The number of carbonyl (C=O) groups excluding carboxylic acids is 2. The van der Waals surface area contributed by atoms with Gasteiger partial charge in [0.1, 0.15) is 0 Å². The number of carbonyl (C=O) groups is 2. The van der Waals surface area contributed by atoms with Crippen LogP contribution < -0.4 is 0 Å². The Labute approximate surface area is 176 Å². The first-order valence-electron chi connectivity index (χ1n) is 9.97. The third-order valence-corrected chi connectivity index (χ3v) is 4.67. The highest BCUT2D eigenvalue weighted by atomic mass is 16.5. The predicted octanol–water partition coefficient (Wildman–Crippen LogP) is 4.81. The molecule has 1 amide bonds. The van der Waals surface area contributed by atoms with Crippen LogP contribution in [0.25, 0.3) is 22.8 Å². The summed E-state index contributed by atoms with van der Waals surface area (Å²) in [5.74, 6) is 0.103. The van der Waals surface area contributed by atoms with E-state index in [0.717, 1.165) is 5.56 Å². The van der Waals surface area contributed by atoms with Gasteiger partial charge in [-0.05, 0) is 39.8 Å². The number of hydrogen-bond donors (Lipinski definition) is 0. The average molecular weight is 406 g/mol. The number of rotatable bonds is 7. The minimum Gasteiger partial charge on any atom is -0.452 e. The van der Waals surface area contributed by atoms with Crippen molar-refractivity contribution >= 4 is 11.9 Å². The van der Waals surface area contributed by atoms with Crippen LogP contribution in [0.15, 0.2) is 65.2 Å². The Morgan fingerprint density at radius 3 is 2.27 bits per heavy atom. The van der Waals surface area contributed by atoms with E-state index in [4.69, 9.17) is 9.15 Å². The van der Waals surface area contributed by atoms with Crippen molar-refractivity contribution in [1.29, 1.82) is 0 Å². The second-order valence-corrected chi connectivity index (χ2v) is 7.51. The van der Waals surface area contributed by atoms with Crippen LogP contribution >= 0.6 is 0 Å². The summed E-state index contributed by atoms with van der Waals surface area (Å²) < 4.78 is 11.2. The maximum Gasteiger partial charge on any atom is 0.339 e. The van der Waals surface area contributed by atoms with E-state index < -0.39 is 5.97 Å². The van der Waals surface area contributed by atoms with Crippen LogP contribution in [-0.4, -0.2) is 40.5 Å². The zero-order chi connectivity index (χ0) is 21.7. The zero-order valence-electron chi connectivity index (χ0n) is 17.7. The normalized spacial score (nSPS) is 11.0. The molecule has 0 atom stereocenters. The fourth-order valence-corrected chi connectivity index (χ4v) is 3.43. The standard InChI is InChI=1S/C24H26N2O4/c1-16(2)26(17(3)4)22(27)15-29-24(28)20-13-9-8-12-19(20)23-25-14-21(30-23)18-10-6-5-7-11-18/h5-14,16-17H,15H2,1-4H3. The molecule has 0 aliphatic rings. The Bertz CT molecular complexity index is 1000. The molecule has 0 saturated heterocycles. The summed E-state index contributed by atoms with van der Waals surface area (Å²) >= 11 is 0. The maximum atomic E-state index is 12.7. The van der Waals surface area contributed by atoms with E-state index in [1.807, 2.05) is 58.0 Å². The summed E-state index contributed by atoms with van der Waals surface area (Å²) in [5, 5.41) is 0. The summed E-state index contributed by atoms with van der Waals surface area (Å²) in [5.41, 5.74) is 1.71. The molecule has 2 aromatic carbocycles. The molecule has 6 heteroatoms. The van der Waals surface area contributed by atoms with Gasteiger partial charge in [0.25, 0.3) is 5.91 Å². The summed E-state index contributed by atoms with van der Waals surface area (Å²) in [6.45, 7) is 7.41. The largest absolute Gasteiger partial charge is 0.452 e. The SMILES string of the molecule is CC(C)N(C(=O)COC(=O)c1ccccc1-c1ncc(-c2ccccc2)o1)C(C)C. The van der Waals surface area contributed by atoms with Crippen molar-refractivity contribution in [3.05, 3.63) is 66.4 Å². The van der Waals surface area contributed by atoms with Crippen LogP contribution in [0, 0.1) is 0 Å². The number of hydrogen-bond acceptors (Lipinski definition) is 5.